The topological polar surface area (TPSA) is 140 Å². The Morgan fingerprint density at radius 2 is 1.19 bits per heavy atom. The number of aliphatic hydroxyl groups excluding tert-OH is 5. The van der Waals surface area contributed by atoms with Gasteiger partial charge in [-0.3, -0.25) is 4.79 Å². The van der Waals surface area contributed by atoms with Crippen LogP contribution in [0.1, 0.15) is 142 Å². The first kappa shape index (κ1) is 39.2. The van der Waals surface area contributed by atoms with Gasteiger partial charge in [-0.2, -0.15) is 0 Å². The SMILES string of the molecule is CCCCCCCCCCCCCCCCN(CC(O)COC1O[C@H](CO)[C@@H](O)[C@H](O)[C@H]1O)C(=O)CCCCCCC. The van der Waals surface area contributed by atoms with Crippen molar-refractivity contribution in [1.29, 1.82) is 0 Å². The average Bonchev–Trinajstić information content (AvgIpc) is 2.98. The summed E-state index contributed by atoms with van der Waals surface area (Å²) in [5, 5.41) is 50.1. The Hall–Kier alpha value is -0.810. The van der Waals surface area contributed by atoms with Crippen molar-refractivity contribution in [2.24, 2.45) is 0 Å². The van der Waals surface area contributed by atoms with Crippen molar-refractivity contribution in [2.45, 2.75) is 179 Å². The number of rotatable bonds is 27. The molecule has 1 fully saturated rings. The predicted octanol–water partition coefficient (Wildman–Crippen LogP) is 4.83. The Balaban J connectivity index is 2.37. The van der Waals surface area contributed by atoms with Gasteiger partial charge in [0.05, 0.1) is 19.3 Å². The maximum Gasteiger partial charge on any atom is 0.222 e. The van der Waals surface area contributed by atoms with Crippen LogP contribution in [0.4, 0.5) is 0 Å². The fraction of sp³-hybridized carbons (Fsp3) is 0.970. The Bertz CT molecular complexity index is 637. The van der Waals surface area contributed by atoms with Gasteiger partial charge in [0.1, 0.15) is 24.4 Å². The average molecular weight is 604 g/mol. The van der Waals surface area contributed by atoms with Gasteiger partial charge in [-0.1, -0.05) is 123 Å². The molecule has 0 aromatic carbocycles. The third-order valence-electron chi connectivity index (χ3n) is 8.36. The zero-order valence-corrected chi connectivity index (χ0v) is 26.8. The second-order valence-electron chi connectivity index (χ2n) is 12.3. The fourth-order valence-electron chi connectivity index (χ4n) is 5.57. The molecule has 0 saturated carbocycles. The molecule has 1 heterocycles. The maximum absolute atomic E-state index is 13.0. The first-order chi connectivity index (χ1) is 20.3. The van der Waals surface area contributed by atoms with Gasteiger partial charge >= 0.3 is 0 Å². The largest absolute Gasteiger partial charge is 0.394 e. The van der Waals surface area contributed by atoms with E-state index in [-0.39, 0.29) is 19.1 Å². The lowest BCUT2D eigenvalue weighted by molar-refractivity contribution is -0.304. The molecule has 0 aliphatic carbocycles. The van der Waals surface area contributed by atoms with Crippen molar-refractivity contribution >= 4 is 5.91 Å². The van der Waals surface area contributed by atoms with Gasteiger partial charge in [-0.05, 0) is 12.8 Å². The molecule has 1 saturated heterocycles. The first-order valence-electron chi connectivity index (χ1n) is 17.2. The van der Waals surface area contributed by atoms with Gasteiger partial charge < -0.3 is 39.9 Å². The van der Waals surface area contributed by atoms with Gasteiger partial charge in [0.2, 0.25) is 5.91 Å². The van der Waals surface area contributed by atoms with Crippen LogP contribution in [-0.4, -0.2) is 99.5 Å². The second-order valence-corrected chi connectivity index (χ2v) is 12.3. The molecular weight excluding hydrogens is 538 g/mol. The summed E-state index contributed by atoms with van der Waals surface area (Å²) in [4.78, 5) is 14.7. The number of hydrogen-bond acceptors (Lipinski definition) is 8. The van der Waals surface area contributed by atoms with Crippen LogP contribution in [0.15, 0.2) is 0 Å². The highest BCUT2D eigenvalue weighted by atomic mass is 16.7. The Morgan fingerprint density at radius 3 is 1.69 bits per heavy atom. The molecule has 1 amide bonds. The molecule has 5 N–H and O–H groups in total. The molecule has 2 unspecified atom stereocenters. The van der Waals surface area contributed by atoms with Crippen molar-refractivity contribution in [3.63, 3.8) is 0 Å². The van der Waals surface area contributed by atoms with Crippen molar-refractivity contribution in [2.75, 3.05) is 26.3 Å². The number of nitrogens with zero attached hydrogens (tertiary/aromatic N) is 1. The highest BCUT2D eigenvalue weighted by Crippen LogP contribution is 2.22. The zero-order chi connectivity index (χ0) is 31.0. The summed E-state index contributed by atoms with van der Waals surface area (Å²) in [6.07, 6.45) is 15.6. The van der Waals surface area contributed by atoms with Gasteiger partial charge in [-0.15, -0.1) is 0 Å². The molecule has 1 rings (SSSR count). The summed E-state index contributed by atoms with van der Waals surface area (Å²) in [5.74, 6) is 0.0353. The van der Waals surface area contributed by atoms with Crippen LogP contribution in [0, 0.1) is 0 Å². The van der Waals surface area contributed by atoms with Gasteiger partial charge in [0.15, 0.2) is 6.29 Å². The minimum Gasteiger partial charge on any atom is -0.394 e. The van der Waals surface area contributed by atoms with E-state index < -0.39 is 43.4 Å². The number of amides is 1. The normalized spacial score (nSPS) is 23.3. The number of ether oxygens (including phenoxy) is 2. The molecule has 1 aliphatic heterocycles. The standard InChI is InChI=1S/C33H65NO8/c1-3-5-7-9-10-11-12-13-14-15-16-17-19-21-23-34(29(37)22-20-18-8-6-4-2)24-27(36)26-41-33-32(40)31(39)30(38)28(25-35)42-33/h27-28,30-33,35-36,38-40H,3-26H2,1-2H3/t27?,28-,30-,31+,32-,33?/m1/s1. The van der Waals surface area contributed by atoms with E-state index >= 15 is 0 Å². The van der Waals surface area contributed by atoms with Gasteiger partial charge in [0.25, 0.3) is 0 Å². The molecule has 1 aliphatic rings. The second kappa shape index (κ2) is 25.5. The summed E-state index contributed by atoms with van der Waals surface area (Å²) in [6, 6.07) is 0. The van der Waals surface area contributed by atoms with E-state index in [1.807, 2.05) is 0 Å². The molecule has 9 heteroatoms. The van der Waals surface area contributed by atoms with Crippen LogP contribution in [0.3, 0.4) is 0 Å². The predicted molar refractivity (Wildman–Crippen MR) is 166 cm³/mol. The summed E-state index contributed by atoms with van der Waals surface area (Å²) in [5.41, 5.74) is 0. The molecule has 42 heavy (non-hydrogen) atoms. The van der Waals surface area contributed by atoms with E-state index in [1.54, 1.807) is 4.90 Å². The third-order valence-corrected chi connectivity index (χ3v) is 8.36. The highest BCUT2D eigenvalue weighted by Gasteiger charge is 2.44. The Labute approximate surface area is 256 Å². The van der Waals surface area contributed by atoms with E-state index in [0.717, 1.165) is 44.9 Å². The number of carbonyl (C=O) groups is 1. The van der Waals surface area contributed by atoms with Crippen LogP contribution >= 0.6 is 0 Å². The van der Waals surface area contributed by atoms with Gasteiger partial charge in [-0.25, -0.2) is 0 Å². The van der Waals surface area contributed by atoms with Crippen molar-refractivity contribution < 1.29 is 39.8 Å². The van der Waals surface area contributed by atoms with E-state index in [1.165, 1.54) is 77.0 Å². The van der Waals surface area contributed by atoms with Crippen molar-refractivity contribution in [1.82, 2.24) is 4.90 Å². The van der Waals surface area contributed by atoms with Crippen molar-refractivity contribution in [3.8, 4) is 0 Å². The first-order valence-corrected chi connectivity index (χ1v) is 17.2. The summed E-state index contributed by atoms with van der Waals surface area (Å²) in [7, 11) is 0. The monoisotopic (exact) mass is 603 g/mol. The third kappa shape index (κ3) is 17.5. The number of hydrogen-bond donors (Lipinski definition) is 5. The van der Waals surface area contributed by atoms with E-state index in [4.69, 9.17) is 9.47 Å². The lowest BCUT2D eigenvalue weighted by Gasteiger charge is -2.39. The number of unbranched alkanes of at least 4 members (excludes halogenated alkanes) is 17. The van der Waals surface area contributed by atoms with Crippen LogP contribution < -0.4 is 0 Å². The molecule has 0 aromatic heterocycles. The van der Waals surface area contributed by atoms with Crippen LogP contribution in [0.2, 0.25) is 0 Å². The molecule has 0 radical (unpaired) electrons. The Morgan fingerprint density at radius 1 is 0.714 bits per heavy atom. The van der Waals surface area contributed by atoms with E-state index in [2.05, 4.69) is 13.8 Å². The fourth-order valence-corrected chi connectivity index (χ4v) is 5.57. The molecule has 0 bridgehead atoms. The lowest BCUT2D eigenvalue weighted by atomic mass is 9.99. The molecule has 0 aromatic rings. The molecule has 6 atom stereocenters. The zero-order valence-electron chi connectivity index (χ0n) is 26.8. The van der Waals surface area contributed by atoms with Crippen molar-refractivity contribution in [3.05, 3.63) is 0 Å². The summed E-state index contributed by atoms with van der Waals surface area (Å²) in [6.45, 7) is 4.35. The summed E-state index contributed by atoms with van der Waals surface area (Å²) >= 11 is 0. The molecule has 9 nitrogen and oxygen atoms in total. The lowest BCUT2D eigenvalue weighted by Crippen LogP contribution is -2.59. The van der Waals surface area contributed by atoms with Gasteiger partial charge in [0, 0.05) is 19.5 Å². The minimum atomic E-state index is -1.54. The number of carbonyl (C=O) groups excluding carboxylic acids is 1. The van der Waals surface area contributed by atoms with E-state index in [9.17, 15) is 30.3 Å². The quantitative estimate of drug-likeness (QED) is 0.0841. The number of aliphatic hydroxyl groups is 5. The minimum absolute atomic E-state index is 0.0353. The van der Waals surface area contributed by atoms with E-state index in [0.29, 0.717) is 13.0 Å². The maximum atomic E-state index is 13.0. The Kier molecular flexibility index (Phi) is 23.8. The van der Waals surface area contributed by atoms with Crippen LogP contribution in [0.25, 0.3) is 0 Å². The molecule has 250 valence electrons. The smallest absolute Gasteiger partial charge is 0.222 e. The highest BCUT2D eigenvalue weighted by molar-refractivity contribution is 5.76. The molecular formula is C33H65NO8. The van der Waals surface area contributed by atoms with Crippen LogP contribution in [-0.2, 0) is 14.3 Å². The molecule has 0 spiro atoms. The summed E-state index contributed by atoms with van der Waals surface area (Å²) < 4.78 is 10.8. The van der Waals surface area contributed by atoms with Crippen LogP contribution in [0.5, 0.6) is 0 Å².